The summed E-state index contributed by atoms with van der Waals surface area (Å²) < 4.78 is 13.1. The molecule has 0 spiro atoms. The number of hydrogen-bond donors (Lipinski definition) is 1. The molecule has 166 valence electrons. The molecule has 0 saturated carbocycles. The summed E-state index contributed by atoms with van der Waals surface area (Å²) in [4.78, 5) is 8.76. The van der Waals surface area contributed by atoms with Crippen LogP contribution in [0.1, 0.15) is 12.3 Å². The quantitative estimate of drug-likeness (QED) is 0.341. The lowest BCUT2D eigenvalue weighted by molar-refractivity contribution is 0.415. The molecule has 8 nitrogen and oxygen atoms in total. The molecule has 0 amide bonds. The first-order chi connectivity index (χ1) is 16.2. The standard InChI is InChI=1S/C25H24N6O2/c1-17-29-30-25(33-17)22-15-28-23-9-6-19(18-4-7-20(32-2)8-5-18)14-21(23)24(22)27-10-3-12-31-13-11-26-16-31/h4-9,11,13-16H,3,10,12H2,1-2H3,(H,27,28). The molecule has 0 aliphatic rings. The van der Waals surface area contributed by atoms with Crippen LogP contribution in [0.2, 0.25) is 0 Å². The van der Waals surface area contributed by atoms with Gasteiger partial charge < -0.3 is 19.0 Å². The number of benzene rings is 2. The van der Waals surface area contributed by atoms with Gasteiger partial charge in [-0.05, 0) is 41.8 Å². The van der Waals surface area contributed by atoms with Gasteiger partial charge in [-0.2, -0.15) is 0 Å². The molecule has 3 aromatic heterocycles. The molecule has 0 aliphatic carbocycles. The number of nitrogens with one attached hydrogen (secondary N) is 1. The number of aromatic nitrogens is 5. The molecule has 0 radical (unpaired) electrons. The van der Waals surface area contributed by atoms with E-state index in [0.717, 1.165) is 58.5 Å². The molecular formula is C25H24N6O2. The molecule has 0 unspecified atom stereocenters. The van der Waals surface area contributed by atoms with Crippen LogP contribution in [-0.2, 0) is 6.54 Å². The number of anilines is 1. The third-order valence-corrected chi connectivity index (χ3v) is 5.50. The maximum absolute atomic E-state index is 5.74. The SMILES string of the molecule is COc1ccc(-c2ccc3ncc(-c4nnc(C)o4)c(NCCCn4ccnc4)c3c2)cc1. The Morgan fingerprint density at radius 3 is 2.64 bits per heavy atom. The molecule has 0 bridgehead atoms. The monoisotopic (exact) mass is 440 g/mol. The van der Waals surface area contributed by atoms with Crippen LogP contribution in [0.5, 0.6) is 5.75 Å². The number of pyridine rings is 1. The van der Waals surface area contributed by atoms with Gasteiger partial charge in [-0.1, -0.05) is 18.2 Å². The van der Waals surface area contributed by atoms with E-state index >= 15 is 0 Å². The summed E-state index contributed by atoms with van der Waals surface area (Å²) in [6.07, 6.45) is 8.31. The van der Waals surface area contributed by atoms with Crippen LogP contribution in [-0.4, -0.2) is 38.4 Å². The van der Waals surface area contributed by atoms with Gasteiger partial charge in [-0.25, -0.2) is 4.98 Å². The third kappa shape index (κ3) is 4.41. The average molecular weight is 441 g/mol. The van der Waals surface area contributed by atoms with Gasteiger partial charge >= 0.3 is 0 Å². The van der Waals surface area contributed by atoms with E-state index in [0.29, 0.717) is 11.8 Å². The molecule has 0 atom stereocenters. The first-order valence-corrected chi connectivity index (χ1v) is 10.8. The Hall–Kier alpha value is -4.20. The fraction of sp³-hybridized carbons (Fsp3) is 0.200. The van der Waals surface area contributed by atoms with Gasteiger partial charge in [0.25, 0.3) is 5.89 Å². The summed E-state index contributed by atoms with van der Waals surface area (Å²) in [6.45, 7) is 3.43. The zero-order chi connectivity index (χ0) is 22.6. The fourth-order valence-corrected chi connectivity index (χ4v) is 3.81. The summed E-state index contributed by atoms with van der Waals surface area (Å²) in [5, 5.41) is 12.8. The van der Waals surface area contributed by atoms with Crippen molar-refractivity contribution in [1.82, 2.24) is 24.7 Å². The molecular weight excluding hydrogens is 416 g/mol. The number of methoxy groups -OCH3 is 1. The number of nitrogens with zero attached hydrogens (tertiary/aromatic N) is 5. The Morgan fingerprint density at radius 2 is 1.91 bits per heavy atom. The van der Waals surface area contributed by atoms with Crippen molar-refractivity contribution in [3.05, 3.63) is 73.3 Å². The smallest absolute Gasteiger partial charge is 0.251 e. The lowest BCUT2D eigenvalue weighted by Crippen LogP contribution is -2.07. The highest BCUT2D eigenvalue weighted by molar-refractivity contribution is 6.00. The van der Waals surface area contributed by atoms with Crippen LogP contribution in [0.4, 0.5) is 5.69 Å². The molecule has 0 aliphatic heterocycles. The number of hydrogen-bond acceptors (Lipinski definition) is 7. The molecule has 5 aromatic rings. The number of rotatable bonds is 8. The number of imidazole rings is 1. The summed E-state index contributed by atoms with van der Waals surface area (Å²) >= 11 is 0. The highest BCUT2D eigenvalue weighted by atomic mass is 16.5. The highest BCUT2D eigenvalue weighted by Crippen LogP contribution is 2.35. The van der Waals surface area contributed by atoms with Crippen LogP contribution in [0.3, 0.4) is 0 Å². The first-order valence-electron chi connectivity index (χ1n) is 10.8. The van der Waals surface area contributed by atoms with Gasteiger partial charge in [0.15, 0.2) is 0 Å². The van der Waals surface area contributed by atoms with Crippen molar-refractivity contribution in [2.45, 2.75) is 19.9 Å². The van der Waals surface area contributed by atoms with E-state index in [4.69, 9.17) is 9.15 Å². The van der Waals surface area contributed by atoms with Crippen molar-refractivity contribution in [2.75, 3.05) is 19.0 Å². The lowest BCUT2D eigenvalue weighted by Gasteiger charge is -2.14. The van der Waals surface area contributed by atoms with Gasteiger partial charge in [0, 0.05) is 44.0 Å². The summed E-state index contributed by atoms with van der Waals surface area (Å²) in [5.74, 6) is 1.80. The van der Waals surface area contributed by atoms with Gasteiger partial charge in [0.1, 0.15) is 5.75 Å². The zero-order valence-electron chi connectivity index (χ0n) is 18.5. The fourth-order valence-electron chi connectivity index (χ4n) is 3.81. The van der Waals surface area contributed by atoms with Crippen LogP contribution in [0.25, 0.3) is 33.5 Å². The number of ether oxygens (including phenoxy) is 1. The Kier molecular flexibility index (Phi) is 5.72. The van der Waals surface area contributed by atoms with Gasteiger partial charge in [-0.3, -0.25) is 4.98 Å². The van der Waals surface area contributed by atoms with Gasteiger partial charge in [0.05, 0.1) is 30.2 Å². The lowest BCUT2D eigenvalue weighted by atomic mass is 10.0. The summed E-state index contributed by atoms with van der Waals surface area (Å²) in [5.41, 5.74) is 4.81. The summed E-state index contributed by atoms with van der Waals surface area (Å²) in [7, 11) is 1.67. The Bertz CT molecular complexity index is 1360. The van der Waals surface area contributed by atoms with Gasteiger partial charge in [-0.15, -0.1) is 10.2 Å². The first kappa shape index (κ1) is 20.7. The van der Waals surface area contributed by atoms with E-state index in [2.05, 4.69) is 54.3 Å². The van der Waals surface area contributed by atoms with Crippen molar-refractivity contribution in [2.24, 2.45) is 0 Å². The molecule has 5 rings (SSSR count). The second-order valence-corrected chi connectivity index (χ2v) is 7.71. The minimum Gasteiger partial charge on any atom is -0.497 e. The van der Waals surface area contributed by atoms with Crippen LogP contribution in [0, 0.1) is 6.92 Å². The second-order valence-electron chi connectivity index (χ2n) is 7.71. The van der Waals surface area contributed by atoms with Crippen molar-refractivity contribution in [1.29, 1.82) is 0 Å². The molecule has 0 fully saturated rings. The zero-order valence-corrected chi connectivity index (χ0v) is 18.5. The van der Waals surface area contributed by atoms with E-state index in [-0.39, 0.29) is 0 Å². The van der Waals surface area contributed by atoms with E-state index in [1.807, 2.05) is 30.7 Å². The van der Waals surface area contributed by atoms with Crippen molar-refractivity contribution < 1.29 is 9.15 Å². The van der Waals surface area contributed by atoms with Gasteiger partial charge in [0.2, 0.25) is 5.89 Å². The minimum atomic E-state index is 0.453. The number of fused-ring (bicyclic) bond motifs is 1. The van der Waals surface area contributed by atoms with E-state index < -0.39 is 0 Å². The van der Waals surface area contributed by atoms with Crippen molar-refractivity contribution in [3.63, 3.8) is 0 Å². The van der Waals surface area contributed by atoms with Crippen molar-refractivity contribution >= 4 is 16.6 Å². The largest absolute Gasteiger partial charge is 0.497 e. The predicted octanol–water partition coefficient (Wildman–Crippen LogP) is 4.97. The molecule has 8 heteroatoms. The second kappa shape index (κ2) is 9.12. The van der Waals surface area contributed by atoms with Crippen molar-refractivity contribution in [3.8, 4) is 28.3 Å². The summed E-state index contributed by atoms with van der Waals surface area (Å²) in [6, 6.07) is 14.3. The third-order valence-electron chi connectivity index (χ3n) is 5.50. The minimum absolute atomic E-state index is 0.453. The highest BCUT2D eigenvalue weighted by Gasteiger charge is 2.16. The number of aryl methyl sites for hydroxylation is 2. The van der Waals surface area contributed by atoms with Crippen LogP contribution < -0.4 is 10.1 Å². The normalized spacial score (nSPS) is 11.1. The molecule has 3 heterocycles. The molecule has 2 aromatic carbocycles. The van der Waals surface area contributed by atoms with Crippen LogP contribution in [0.15, 0.2) is 71.8 Å². The molecule has 0 saturated heterocycles. The van der Waals surface area contributed by atoms with E-state index in [9.17, 15) is 0 Å². The molecule has 33 heavy (non-hydrogen) atoms. The topological polar surface area (TPSA) is 90.9 Å². The maximum Gasteiger partial charge on any atom is 0.251 e. The van der Waals surface area contributed by atoms with E-state index in [1.165, 1.54) is 0 Å². The van der Waals surface area contributed by atoms with Crippen LogP contribution >= 0.6 is 0 Å². The average Bonchev–Trinajstić information content (AvgIpc) is 3.53. The Morgan fingerprint density at radius 1 is 1.06 bits per heavy atom. The maximum atomic E-state index is 5.74. The predicted molar refractivity (Wildman–Crippen MR) is 127 cm³/mol. The van der Waals surface area contributed by atoms with E-state index in [1.54, 1.807) is 26.4 Å². The Balaban J connectivity index is 1.52. The molecule has 1 N–H and O–H groups in total. The Labute approximate surface area is 191 Å².